The highest BCUT2D eigenvalue weighted by atomic mass is 35.5. The molecule has 4 rings (SSSR count). The molecule has 1 N–H and O–H groups in total. The van der Waals surface area contributed by atoms with Gasteiger partial charge < -0.3 is 10.1 Å². The summed E-state index contributed by atoms with van der Waals surface area (Å²) in [5.74, 6) is -1.32. The Bertz CT molecular complexity index is 1080. The smallest absolute Gasteiger partial charge is 0.358 e. The maximum absolute atomic E-state index is 13.7. The summed E-state index contributed by atoms with van der Waals surface area (Å²) in [6.07, 6.45) is 5.16. The summed E-state index contributed by atoms with van der Waals surface area (Å²) in [7, 11) is 1.26. The zero-order valence-electron chi connectivity index (χ0n) is 18.5. The monoisotopic (exact) mass is 458 g/mol. The van der Waals surface area contributed by atoms with E-state index < -0.39 is 17.4 Å². The summed E-state index contributed by atoms with van der Waals surface area (Å²) in [4.78, 5) is 40.9. The Kier molecular flexibility index (Phi) is 5.99. The molecule has 0 radical (unpaired) electrons. The van der Waals surface area contributed by atoms with Gasteiger partial charge in [-0.1, -0.05) is 36.9 Å². The zero-order valence-corrected chi connectivity index (χ0v) is 19.2. The molecule has 0 unspecified atom stereocenters. The molecule has 2 aliphatic rings. The topological polar surface area (TPSA) is 93.5 Å². The number of nitrogens with one attached hydrogen (secondary N) is 1. The van der Waals surface area contributed by atoms with Gasteiger partial charge in [0.2, 0.25) is 5.91 Å². The van der Waals surface area contributed by atoms with Gasteiger partial charge in [0, 0.05) is 22.8 Å². The van der Waals surface area contributed by atoms with Crippen molar-refractivity contribution in [1.82, 2.24) is 15.1 Å². The van der Waals surface area contributed by atoms with Gasteiger partial charge in [-0.05, 0) is 44.4 Å². The third-order valence-electron chi connectivity index (χ3n) is 6.39. The molecule has 170 valence electrons. The first-order valence-electron chi connectivity index (χ1n) is 10.8. The fourth-order valence-corrected chi connectivity index (χ4v) is 4.74. The number of esters is 1. The predicted molar refractivity (Wildman–Crippen MR) is 120 cm³/mol. The van der Waals surface area contributed by atoms with E-state index in [9.17, 15) is 14.4 Å². The van der Waals surface area contributed by atoms with E-state index in [-0.39, 0.29) is 29.9 Å². The predicted octanol–water partition coefficient (Wildman–Crippen LogP) is 3.50. The van der Waals surface area contributed by atoms with Crippen molar-refractivity contribution in [3.05, 3.63) is 46.2 Å². The lowest BCUT2D eigenvalue weighted by atomic mass is 9.90. The molecule has 1 atom stereocenters. The molecular weight excluding hydrogens is 432 g/mol. The van der Waals surface area contributed by atoms with Crippen LogP contribution in [-0.2, 0) is 16.1 Å². The van der Waals surface area contributed by atoms with Crippen LogP contribution in [0.25, 0.3) is 0 Å². The van der Waals surface area contributed by atoms with E-state index in [4.69, 9.17) is 16.3 Å². The van der Waals surface area contributed by atoms with Gasteiger partial charge in [0.05, 0.1) is 13.7 Å². The van der Waals surface area contributed by atoms with E-state index in [0.717, 1.165) is 31.2 Å². The molecule has 1 aliphatic carbocycles. The van der Waals surface area contributed by atoms with E-state index in [1.165, 1.54) is 29.2 Å². The number of methoxy groups -OCH3 is 1. The van der Waals surface area contributed by atoms with Crippen LogP contribution in [0.4, 0.5) is 5.69 Å². The number of anilines is 1. The maximum Gasteiger partial charge on any atom is 0.358 e. The Morgan fingerprint density at radius 3 is 2.62 bits per heavy atom. The molecule has 1 fully saturated rings. The first-order chi connectivity index (χ1) is 15.2. The molecule has 2 heterocycles. The normalized spacial score (nSPS) is 21.2. The van der Waals surface area contributed by atoms with E-state index in [0.29, 0.717) is 10.7 Å². The van der Waals surface area contributed by atoms with Crippen LogP contribution < -0.4 is 10.2 Å². The Morgan fingerprint density at radius 1 is 1.22 bits per heavy atom. The van der Waals surface area contributed by atoms with Gasteiger partial charge >= 0.3 is 5.97 Å². The second-order valence-corrected chi connectivity index (χ2v) is 9.15. The Labute approximate surface area is 191 Å². The Morgan fingerprint density at radius 2 is 1.94 bits per heavy atom. The minimum absolute atomic E-state index is 0.0237. The number of carbonyl (C=O) groups excluding carboxylic acids is 3. The first kappa shape index (κ1) is 22.3. The average Bonchev–Trinajstić information content (AvgIpc) is 3.20. The number of carbonyl (C=O) groups is 3. The number of hydrogen-bond acceptors (Lipinski definition) is 5. The van der Waals surface area contributed by atoms with E-state index in [2.05, 4.69) is 10.4 Å². The summed E-state index contributed by atoms with van der Waals surface area (Å²) in [6, 6.07) is 6.73. The molecule has 9 heteroatoms. The standard InChI is InChI=1S/C23H27ClN4O4/c1-14-9-10-15(24)11-18(14)28-20(29)19-12-17(21(30)32-3)26-27(19)13-23(28,2)22(31)25-16-7-5-4-6-8-16/h9-12,16H,4-8,13H2,1-3H3,(H,25,31)/t23-/m1/s1. The molecule has 0 bridgehead atoms. The van der Waals surface area contributed by atoms with Crippen molar-refractivity contribution < 1.29 is 19.1 Å². The van der Waals surface area contributed by atoms with Crippen LogP contribution in [0.15, 0.2) is 24.3 Å². The lowest BCUT2D eigenvalue weighted by Gasteiger charge is -2.44. The van der Waals surface area contributed by atoms with Crippen molar-refractivity contribution >= 4 is 35.1 Å². The van der Waals surface area contributed by atoms with Gasteiger partial charge in [0.25, 0.3) is 5.91 Å². The van der Waals surface area contributed by atoms with Crippen molar-refractivity contribution in [2.45, 2.75) is 64.1 Å². The van der Waals surface area contributed by atoms with Crippen molar-refractivity contribution in [3.8, 4) is 0 Å². The number of fused-ring (bicyclic) bond motifs is 1. The number of aryl methyl sites for hydroxylation is 1. The highest BCUT2D eigenvalue weighted by molar-refractivity contribution is 6.31. The molecular formula is C23H27ClN4O4. The first-order valence-corrected chi connectivity index (χ1v) is 11.2. The van der Waals surface area contributed by atoms with Crippen LogP contribution in [-0.4, -0.2) is 46.3 Å². The number of ether oxygens (including phenoxy) is 1. The summed E-state index contributed by atoms with van der Waals surface area (Å²) in [5.41, 5.74) is 0.329. The summed E-state index contributed by atoms with van der Waals surface area (Å²) < 4.78 is 6.18. The third kappa shape index (κ3) is 3.88. The Balaban J connectivity index is 1.80. The number of benzene rings is 1. The number of halogens is 1. The highest BCUT2D eigenvalue weighted by Crippen LogP contribution is 2.36. The second-order valence-electron chi connectivity index (χ2n) is 8.72. The number of rotatable bonds is 4. The minimum atomic E-state index is -1.27. The fourth-order valence-electron chi connectivity index (χ4n) is 4.57. The van der Waals surface area contributed by atoms with E-state index in [1.54, 1.807) is 19.1 Å². The van der Waals surface area contributed by atoms with Crippen molar-refractivity contribution in [1.29, 1.82) is 0 Å². The van der Waals surface area contributed by atoms with Crippen LogP contribution in [0.5, 0.6) is 0 Å². The lowest BCUT2D eigenvalue weighted by Crippen LogP contribution is -2.65. The van der Waals surface area contributed by atoms with Gasteiger partial charge in [-0.3, -0.25) is 19.2 Å². The quantitative estimate of drug-likeness (QED) is 0.708. The van der Waals surface area contributed by atoms with Crippen molar-refractivity contribution in [2.75, 3.05) is 12.0 Å². The van der Waals surface area contributed by atoms with Crippen LogP contribution >= 0.6 is 11.6 Å². The lowest BCUT2D eigenvalue weighted by molar-refractivity contribution is -0.127. The summed E-state index contributed by atoms with van der Waals surface area (Å²) in [5, 5.41) is 7.87. The SMILES string of the molecule is COC(=O)c1cc2n(n1)C[C@](C)(C(=O)NC1CCCCC1)N(c1cc(Cl)ccc1C)C2=O. The van der Waals surface area contributed by atoms with Crippen LogP contribution in [0, 0.1) is 6.92 Å². The van der Waals surface area contributed by atoms with Crippen molar-refractivity contribution in [3.63, 3.8) is 0 Å². The van der Waals surface area contributed by atoms with Gasteiger partial charge in [0.1, 0.15) is 11.2 Å². The van der Waals surface area contributed by atoms with Gasteiger partial charge in [-0.2, -0.15) is 5.10 Å². The van der Waals surface area contributed by atoms with Gasteiger partial charge in [-0.25, -0.2) is 4.79 Å². The third-order valence-corrected chi connectivity index (χ3v) is 6.62. The molecule has 0 saturated heterocycles. The highest BCUT2D eigenvalue weighted by Gasteiger charge is 2.50. The van der Waals surface area contributed by atoms with Crippen LogP contribution in [0.2, 0.25) is 5.02 Å². The molecule has 2 aromatic rings. The number of amides is 2. The second kappa shape index (κ2) is 8.58. The minimum Gasteiger partial charge on any atom is -0.464 e. The molecule has 8 nitrogen and oxygen atoms in total. The Hall–Kier alpha value is -2.87. The molecule has 1 aromatic heterocycles. The largest absolute Gasteiger partial charge is 0.464 e. The number of nitrogens with zero attached hydrogens (tertiary/aromatic N) is 3. The van der Waals surface area contributed by atoms with Crippen LogP contribution in [0.3, 0.4) is 0 Å². The molecule has 32 heavy (non-hydrogen) atoms. The summed E-state index contributed by atoms with van der Waals surface area (Å²) in [6.45, 7) is 3.69. The molecule has 1 aliphatic heterocycles. The summed E-state index contributed by atoms with van der Waals surface area (Å²) >= 11 is 6.26. The maximum atomic E-state index is 13.7. The van der Waals surface area contributed by atoms with Gasteiger partial charge in [0.15, 0.2) is 5.69 Å². The van der Waals surface area contributed by atoms with Crippen LogP contribution in [0.1, 0.15) is 65.6 Å². The van der Waals surface area contributed by atoms with Crippen molar-refractivity contribution in [2.24, 2.45) is 0 Å². The molecule has 1 saturated carbocycles. The van der Waals surface area contributed by atoms with Gasteiger partial charge in [-0.15, -0.1) is 0 Å². The molecule has 0 spiro atoms. The zero-order chi connectivity index (χ0) is 23.0. The molecule has 2 amide bonds. The molecule has 1 aromatic carbocycles. The number of aromatic nitrogens is 2. The van der Waals surface area contributed by atoms with E-state index >= 15 is 0 Å². The average molecular weight is 459 g/mol. The fraction of sp³-hybridized carbons (Fsp3) is 0.478. The van der Waals surface area contributed by atoms with E-state index in [1.807, 2.05) is 13.0 Å². The number of hydrogen-bond donors (Lipinski definition) is 1.